The van der Waals surface area contributed by atoms with Crippen molar-refractivity contribution in [3.05, 3.63) is 0 Å². The summed E-state index contributed by atoms with van der Waals surface area (Å²) < 4.78 is 0. The molecule has 3 rings (SSSR count). The number of carbonyl (C=O) groups is 1. The van der Waals surface area contributed by atoms with Crippen molar-refractivity contribution in [3.63, 3.8) is 0 Å². The molecule has 1 aliphatic heterocycles. The van der Waals surface area contributed by atoms with Crippen LogP contribution in [0.1, 0.15) is 38.5 Å². The molecular weight excluding hydrogens is 250 g/mol. The smallest absolute Gasteiger partial charge is 0.221 e. The quantitative estimate of drug-likeness (QED) is 0.843. The molecule has 0 bridgehead atoms. The van der Waals surface area contributed by atoms with Gasteiger partial charge in [-0.15, -0.1) is 0 Å². The molecule has 3 aliphatic rings. The first-order valence-electron chi connectivity index (χ1n) is 8.42. The van der Waals surface area contributed by atoms with Crippen LogP contribution in [-0.4, -0.2) is 61.5 Å². The lowest BCUT2D eigenvalue weighted by molar-refractivity contribution is -0.122. The van der Waals surface area contributed by atoms with Crippen LogP contribution >= 0.6 is 0 Å². The molecule has 2 aliphatic carbocycles. The number of piperazine rings is 1. The zero-order valence-corrected chi connectivity index (χ0v) is 12.8. The van der Waals surface area contributed by atoms with Gasteiger partial charge in [-0.3, -0.25) is 4.79 Å². The highest BCUT2D eigenvalue weighted by Crippen LogP contribution is 2.43. The number of nitrogens with zero attached hydrogens (tertiary/aromatic N) is 2. The Morgan fingerprint density at radius 2 is 1.90 bits per heavy atom. The fourth-order valence-electron chi connectivity index (χ4n) is 4.35. The van der Waals surface area contributed by atoms with Crippen LogP contribution in [0.4, 0.5) is 0 Å². The molecule has 1 N–H and O–H groups in total. The molecular formula is C16H29N3O. The van der Waals surface area contributed by atoms with E-state index in [4.69, 9.17) is 0 Å². The number of nitrogens with one attached hydrogen (secondary N) is 1. The average molecular weight is 279 g/mol. The van der Waals surface area contributed by atoms with Gasteiger partial charge in [-0.25, -0.2) is 0 Å². The molecule has 0 aromatic rings. The summed E-state index contributed by atoms with van der Waals surface area (Å²) in [5, 5.41) is 3.32. The number of hydrogen-bond acceptors (Lipinski definition) is 3. The summed E-state index contributed by atoms with van der Waals surface area (Å²) in [5.41, 5.74) is 0. The summed E-state index contributed by atoms with van der Waals surface area (Å²) in [5.74, 6) is 1.99. The van der Waals surface area contributed by atoms with Crippen LogP contribution < -0.4 is 5.32 Å². The molecule has 4 heteroatoms. The van der Waals surface area contributed by atoms with E-state index >= 15 is 0 Å². The van der Waals surface area contributed by atoms with Gasteiger partial charge in [-0.2, -0.15) is 0 Å². The van der Waals surface area contributed by atoms with Crippen LogP contribution in [0.2, 0.25) is 0 Å². The number of amides is 1. The number of hydrogen-bond donors (Lipinski definition) is 1. The van der Waals surface area contributed by atoms with E-state index in [0.29, 0.717) is 12.5 Å². The summed E-state index contributed by atoms with van der Waals surface area (Å²) in [6, 6.07) is 0.488. The van der Waals surface area contributed by atoms with Crippen LogP contribution in [0.3, 0.4) is 0 Å². The highest BCUT2D eigenvalue weighted by atomic mass is 16.1. The number of carbonyl (C=O) groups excluding carboxylic acids is 1. The number of rotatable bonds is 4. The Bertz CT molecular complexity index is 339. The lowest BCUT2D eigenvalue weighted by atomic mass is 9.97. The molecule has 4 nitrogen and oxygen atoms in total. The first-order chi connectivity index (χ1) is 9.72. The van der Waals surface area contributed by atoms with Gasteiger partial charge >= 0.3 is 0 Å². The third kappa shape index (κ3) is 3.34. The number of fused-ring (bicyclic) bond motifs is 1. The van der Waals surface area contributed by atoms with Crippen molar-refractivity contribution in [1.82, 2.24) is 15.1 Å². The number of likely N-dealkylation sites (N-methyl/N-ethyl adjacent to an activating group) is 1. The van der Waals surface area contributed by atoms with Crippen molar-refractivity contribution in [1.29, 1.82) is 0 Å². The van der Waals surface area contributed by atoms with Gasteiger partial charge in [0.05, 0.1) is 0 Å². The standard InChI is InChI=1S/C16H29N3O/c1-18-9-11-19(12-10-18)8-7-16(20)17-15-6-5-13-3-2-4-14(13)15/h13-15H,2-12H2,1H3,(H,17,20)/t13-,14-,15-/m1/s1. The topological polar surface area (TPSA) is 35.6 Å². The van der Waals surface area contributed by atoms with Crippen molar-refractivity contribution >= 4 is 5.91 Å². The Morgan fingerprint density at radius 3 is 2.70 bits per heavy atom. The Kier molecular flexibility index (Phi) is 4.61. The maximum absolute atomic E-state index is 12.1. The summed E-state index contributed by atoms with van der Waals surface area (Å²) in [6.45, 7) is 5.41. The third-order valence-corrected chi connectivity index (χ3v) is 5.68. The first kappa shape index (κ1) is 14.3. The van der Waals surface area contributed by atoms with E-state index in [1.807, 2.05) is 0 Å². The van der Waals surface area contributed by atoms with Crippen molar-refractivity contribution in [3.8, 4) is 0 Å². The molecule has 2 saturated carbocycles. The van der Waals surface area contributed by atoms with E-state index in [0.717, 1.165) is 44.6 Å². The van der Waals surface area contributed by atoms with E-state index in [2.05, 4.69) is 22.2 Å². The predicted molar refractivity (Wildman–Crippen MR) is 80.5 cm³/mol. The molecule has 3 atom stereocenters. The van der Waals surface area contributed by atoms with Gasteiger partial charge in [0, 0.05) is 45.2 Å². The summed E-state index contributed by atoms with van der Waals surface area (Å²) >= 11 is 0. The van der Waals surface area contributed by atoms with E-state index in [9.17, 15) is 4.79 Å². The van der Waals surface area contributed by atoms with Crippen LogP contribution in [0.5, 0.6) is 0 Å². The van der Waals surface area contributed by atoms with Gasteiger partial charge in [0.1, 0.15) is 0 Å². The van der Waals surface area contributed by atoms with Crippen molar-refractivity contribution in [2.75, 3.05) is 39.8 Å². The SMILES string of the molecule is CN1CCN(CCC(=O)N[C@@H]2CC[C@H]3CCC[C@H]32)CC1. The molecule has 20 heavy (non-hydrogen) atoms. The molecule has 0 aromatic heterocycles. The van der Waals surface area contributed by atoms with E-state index < -0.39 is 0 Å². The van der Waals surface area contributed by atoms with Gasteiger partial charge < -0.3 is 15.1 Å². The maximum atomic E-state index is 12.1. The van der Waals surface area contributed by atoms with Crippen molar-refractivity contribution < 1.29 is 4.79 Å². The van der Waals surface area contributed by atoms with Gasteiger partial charge in [0.2, 0.25) is 5.91 Å². The van der Waals surface area contributed by atoms with E-state index in [1.165, 1.54) is 32.1 Å². The lowest BCUT2D eigenvalue weighted by Crippen LogP contribution is -2.46. The second kappa shape index (κ2) is 6.44. The second-order valence-electron chi connectivity index (χ2n) is 7.00. The Balaban J connectivity index is 1.37. The normalized spacial score (nSPS) is 35.1. The van der Waals surface area contributed by atoms with Gasteiger partial charge in [-0.1, -0.05) is 12.8 Å². The molecule has 1 saturated heterocycles. The average Bonchev–Trinajstić information content (AvgIpc) is 3.03. The molecule has 1 heterocycles. The summed E-state index contributed by atoms with van der Waals surface area (Å²) in [4.78, 5) is 16.9. The molecule has 0 aromatic carbocycles. The highest BCUT2D eigenvalue weighted by molar-refractivity contribution is 5.76. The largest absolute Gasteiger partial charge is 0.353 e. The fraction of sp³-hybridized carbons (Fsp3) is 0.938. The predicted octanol–water partition coefficient (Wildman–Crippen LogP) is 1.32. The zero-order chi connectivity index (χ0) is 13.9. The molecule has 0 radical (unpaired) electrons. The summed E-state index contributed by atoms with van der Waals surface area (Å²) in [6.07, 6.45) is 7.36. The van der Waals surface area contributed by atoms with Crippen molar-refractivity contribution in [2.45, 2.75) is 44.6 Å². The van der Waals surface area contributed by atoms with Gasteiger partial charge in [-0.05, 0) is 38.1 Å². The summed E-state index contributed by atoms with van der Waals surface area (Å²) in [7, 11) is 2.17. The Labute approximate surface area is 122 Å². The Hall–Kier alpha value is -0.610. The minimum Gasteiger partial charge on any atom is -0.353 e. The fourth-order valence-corrected chi connectivity index (χ4v) is 4.35. The molecule has 3 fully saturated rings. The second-order valence-corrected chi connectivity index (χ2v) is 7.00. The lowest BCUT2D eigenvalue weighted by Gasteiger charge is -2.32. The highest BCUT2D eigenvalue weighted by Gasteiger charge is 2.39. The molecule has 0 spiro atoms. The van der Waals surface area contributed by atoms with E-state index in [1.54, 1.807) is 0 Å². The first-order valence-corrected chi connectivity index (χ1v) is 8.42. The van der Waals surface area contributed by atoms with Crippen molar-refractivity contribution in [2.24, 2.45) is 11.8 Å². The van der Waals surface area contributed by atoms with Crippen LogP contribution in [-0.2, 0) is 4.79 Å². The third-order valence-electron chi connectivity index (χ3n) is 5.68. The van der Waals surface area contributed by atoms with Crippen LogP contribution in [0.25, 0.3) is 0 Å². The van der Waals surface area contributed by atoms with Crippen LogP contribution in [0, 0.1) is 11.8 Å². The molecule has 1 amide bonds. The monoisotopic (exact) mass is 279 g/mol. The Morgan fingerprint density at radius 1 is 1.10 bits per heavy atom. The minimum atomic E-state index is 0.279. The zero-order valence-electron chi connectivity index (χ0n) is 12.8. The van der Waals surface area contributed by atoms with Gasteiger partial charge in [0.15, 0.2) is 0 Å². The molecule has 114 valence electrons. The van der Waals surface area contributed by atoms with E-state index in [-0.39, 0.29) is 5.91 Å². The maximum Gasteiger partial charge on any atom is 0.221 e. The van der Waals surface area contributed by atoms with Crippen LogP contribution in [0.15, 0.2) is 0 Å². The van der Waals surface area contributed by atoms with Gasteiger partial charge in [0.25, 0.3) is 0 Å². The molecule has 0 unspecified atom stereocenters. The minimum absolute atomic E-state index is 0.279.